The van der Waals surface area contributed by atoms with Gasteiger partial charge >= 0.3 is 0 Å². The fourth-order valence-corrected chi connectivity index (χ4v) is 1.84. The van der Waals surface area contributed by atoms with Crippen molar-refractivity contribution in [3.05, 3.63) is 28.8 Å². The van der Waals surface area contributed by atoms with Crippen molar-refractivity contribution in [3.63, 3.8) is 0 Å². The highest BCUT2D eigenvalue weighted by atomic mass is 35.5. The Bertz CT molecular complexity index is 514. The Morgan fingerprint density at radius 3 is 2.89 bits per heavy atom. The van der Waals surface area contributed by atoms with Crippen LogP contribution in [0.15, 0.2) is 23.3 Å². The number of aldehydes is 1. The number of hydrogen-bond donors (Lipinski definition) is 1. The number of nitrogens with zero attached hydrogens (tertiary/aromatic N) is 1. The van der Waals surface area contributed by atoms with Gasteiger partial charge < -0.3 is 4.74 Å². The monoisotopic (exact) mass is 266 g/mol. The maximum absolute atomic E-state index is 11.0. The van der Waals surface area contributed by atoms with Gasteiger partial charge in [-0.1, -0.05) is 11.6 Å². The zero-order chi connectivity index (χ0) is 13.0. The molecule has 6 heteroatoms. The third kappa shape index (κ3) is 2.87. The van der Waals surface area contributed by atoms with Crippen LogP contribution in [0.25, 0.3) is 0 Å². The fourth-order valence-electron chi connectivity index (χ4n) is 1.60. The van der Waals surface area contributed by atoms with Crippen molar-refractivity contribution in [2.24, 2.45) is 5.10 Å². The maximum atomic E-state index is 11.0. The molecule has 2 rings (SSSR count). The van der Waals surface area contributed by atoms with E-state index in [1.54, 1.807) is 18.2 Å². The molecule has 0 saturated carbocycles. The first-order valence-electron chi connectivity index (χ1n) is 5.42. The van der Waals surface area contributed by atoms with Crippen molar-refractivity contribution in [2.75, 3.05) is 6.61 Å². The van der Waals surface area contributed by atoms with Gasteiger partial charge in [-0.25, -0.2) is 5.43 Å². The van der Waals surface area contributed by atoms with Crippen molar-refractivity contribution in [1.82, 2.24) is 5.43 Å². The highest BCUT2D eigenvalue weighted by Gasteiger charge is 2.14. The molecule has 0 saturated heterocycles. The lowest BCUT2D eigenvalue weighted by molar-refractivity contribution is -0.121. The topological polar surface area (TPSA) is 67.8 Å². The Morgan fingerprint density at radius 1 is 1.44 bits per heavy atom. The van der Waals surface area contributed by atoms with Crippen molar-refractivity contribution in [1.29, 1.82) is 0 Å². The Labute approximate surface area is 109 Å². The summed E-state index contributed by atoms with van der Waals surface area (Å²) in [6.07, 6.45) is 1.65. The Hall–Kier alpha value is -1.88. The molecule has 5 nitrogen and oxygen atoms in total. The summed E-state index contributed by atoms with van der Waals surface area (Å²) in [5.41, 5.74) is 4.04. The number of rotatable bonds is 4. The van der Waals surface area contributed by atoms with Gasteiger partial charge in [0.05, 0.1) is 10.7 Å². The largest absolute Gasteiger partial charge is 0.485 e. The van der Waals surface area contributed by atoms with Crippen LogP contribution in [0.3, 0.4) is 0 Å². The van der Waals surface area contributed by atoms with Crippen molar-refractivity contribution >= 4 is 29.5 Å². The lowest BCUT2D eigenvalue weighted by atomic mass is 10.0. The summed E-state index contributed by atoms with van der Waals surface area (Å²) < 4.78 is 5.14. The fraction of sp³-hybridized carbons (Fsp3) is 0.250. The summed E-state index contributed by atoms with van der Waals surface area (Å²) in [6, 6.07) is 5.18. The summed E-state index contributed by atoms with van der Waals surface area (Å²) in [4.78, 5) is 21.2. The Balaban J connectivity index is 2.18. The number of hydrazone groups is 1. The Kier molecular flexibility index (Phi) is 3.94. The molecule has 1 N–H and O–H groups in total. The van der Waals surface area contributed by atoms with Crippen molar-refractivity contribution < 1.29 is 14.3 Å². The van der Waals surface area contributed by atoms with E-state index in [1.165, 1.54) is 0 Å². The second-order valence-corrected chi connectivity index (χ2v) is 4.12. The van der Waals surface area contributed by atoms with Crippen LogP contribution < -0.4 is 10.2 Å². The number of hydrogen-bond acceptors (Lipinski definition) is 4. The van der Waals surface area contributed by atoms with Gasteiger partial charge in [0.25, 0.3) is 0 Å². The van der Waals surface area contributed by atoms with Gasteiger partial charge in [0.1, 0.15) is 12.4 Å². The van der Waals surface area contributed by atoms with Crippen LogP contribution in [-0.4, -0.2) is 24.5 Å². The molecule has 0 unspecified atom stereocenters. The number of carbonyl (C=O) groups excluding carboxylic acids is 2. The molecule has 0 spiro atoms. The van der Waals surface area contributed by atoms with Crippen molar-refractivity contribution in [2.45, 2.75) is 12.8 Å². The molecule has 1 amide bonds. The minimum absolute atomic E-state index is 0.0317. The van der Waals surface area contributed by atoms with E-state index in [2.05, 4.69) is 10.5 Å². The summed E-state index contributed by atoms with van der Waals surface area (Å²) in [5.74, 6) is 0.365. The molecule has 0 aromatic heterocycles. The van der Waals surface area contributed by atoms with Gasteiger partial charge in [0.2, 0.25) is 5.91 Å². The van der Waals surface area contributed by atoms with E-state index in [1.807, 2.05) is 0 Å². The second-order valence-electron chi connectivity index (χ2n) is 3.72. The van der Waals surface area contributed by atoms with E-state index in [4.69, 9.17) is 16.3 Å². The molecule has 1 aliphatic heterocycles. The number of carbonyl (C=O) groups is 2. The number of benzene rings is 1. The molecule has 1 aromatic rings. The first kappa shape index (κ1) is 12.6. The predicted molar refractivity (Wildman–Crippen MR) is 66.9 cm³/mol. The number of ether oxygens (including phenoxy) is 1. The predicted octanol–water partition coefficient (Wildman–Crippen LogP) is 1.53. The molecule has 1 heterocycles. The molecular weight excluding hydrogens is 256 g/mol. The molecule has 0 aliphatic carbocycles. The minimum Gasteiger partial charge on any atom is -0.485 e. The van der Waals surface area contributed by atoms with Gasteiger partial charge in [-0.05, 0) is 23.8 Å². The Morgan fingerprint density at radius 2 is 2.28 bits per heavy atom. The molecule has 0 fully saturated rings. The third-order valence-electron chi connectivity index (χ3n) is 2.48. The van der Waals surface area contributed by atoms with Crippen LogP contribution in [0.1, 0.15) is 18.4 Å². The smallest absolute Gasteiger partial charge is 0.240 e. The zero-order valence-electron chi connectivity index (χ0n) is 9.48. The highest BCUT2D eigenvalue weighted by molar-refractivity contribution is 6.32. The molecule has 1 aromatic carbocycles. The van der Waals surface area contributed by atoms with E-state index >= 15 is 0 Å². The second kappa shape index (κ2) is 5.64. The quantitative estimate of drug-likeness (QED) is 0.841. The average molecular weight is 267 g/mol. The molecule has 0 bridgehead atoms. The molecule has 94 valence electrons. The first-order chi connectivity index (χ1) is 8.70. The zero-order valence-corrected chi connectivity index (χ0v) is 10.2. The van der Waals surface area contributed by atoms with Crippen molar-refractivity contribution in [3.8, 4) is 5.75 Å². The lowest BCUT2D eigenvalue weighted by Gasteiger charge is -2.13. The standard InChI is InChI=1S/C12H11ClN2O3/c13-9-7-8(1-3-11(9)18-6-5-16)10-2-4-12(17)15-14-10/h1,3,5,7H,2,4,6H2,(H,15,17). The van der Waals surface area contributed by atoms with Crippen LogP contribution in [0.4, 0.5) is 0 Å². The van der Waals surface area contributed by atoms with Gasteiger partial charge in [0.15, 0.2) is 6.29 Å². The van der Waals surface area contributed by atoms with Crippen LogP contribution in [0.2, 0.25) is 5.02 Å². The molecular formula is C12H11ClN2O3. The summed E-state index contributed by atoms with van der Waals surface area (Å²) in [7, 11) is 0. The van der Waals surface area contributed by atoms with Crippen LogP contribution in [0, 0.1) is 0 Å². The van der Waals surface area contributed by atoms with Crippen LogP contribution in [-0.2, 0) is 9.59 Å². The average Bonchev–Trinajstić information content (AvgIpc) is 2.38. The van der Waals surface area contributed by atoms with Gasteiger partial charge in [-0.15, -0.1) is 0 Å². The van der Waals surface area contributed by atoms with Crippen LogP contribution in [0.5, 0.6) is 5.75 Å². The third-order valence-corrected chi connectivity index (χ3v) is 2.77. The summed E-state index contributed by atoms with van der Waals surface area (Å²) in [6.45, 7) is -0.0317. The number of halogens is 1. The number of amides is 1. The molecule has 1 aliphatic rings. The van der Waals surface area contributed by atoms with Gasteiger partial charge in [-0.2, -0.15) is 5.10 Å². The van der Waals surface area contributed by atoms with E-state index in [0.717, 1.165) is 11.3 Å². The molecule has 0 radical (unpaired) electrons. The van der Waals surface area contributed by atoms with E-state index in [-0.39, 0.29) is 12.5 Å². The highest BCUT2D eigenvalue weighted by Crippen LogP contribution is 2.26. The van der Waals surface area contributed by atoms with E-state index < -0.39 is 0 Å². The summed E-state index contributed by atoms with van der Waals surface area (Å²) in [5, 5.41) is 4.39. The SMILES string of the molecule is O=CCOc1ccc(C2=NNC(=O)CC2)cc1Cl. The van der Waals surface area contributed by atoms with E-state index in [9.17, 15) is 9.59 Å². The number of nitrogens with one attached hydrogen (secondary N) is 1. The summed E-state index contributed by atoms with van der Waals surface area (Å²) >= 11 is 6.03. The first-order valence-corrected chi connectivity index (χ1v) is 5.80. The lowest BCUT2D eigenvalue weighted by Crippen LogP contribution is -2.25. The molecule has 0 atom stereocenters. The van der Waals surface area contributed by atoms with Gasteiger partial charge in [0, 0.05) is 12.8 Å². The van der Waals surface area contributed by atoms with Gasteiger partial charge in [-0.3, -0.25) is 9.59 Å². The molecule has 18 heavy (non-hydrogen) atoms. The minimum atomic E-state index is -0.0872. The van der Waals surface area contributed by atoms with Crippen LogP contribution >= 0.6 is 11.6 Å². The van der Waals surface area contributed by atoms with E-state index in [0.29, 0.717) is 29.9 Å². The maximum Gasteiger partial charge on any atom is 0.240 e. The normalized spacial score (nSPS) is 14.7.